The summed E-state index contributed by atoms with van der Waals surface area (Å²) in [7, 11) is 0. The van der Waals surface area contributed by atoms with Crippen molar-refractivity contribution in [2.24, 2.45) is 0 Å². The van der Waals surface area contributed by atoms with Gasteiger partial charge in [-0.15, -0.1) is 0 Å². The molecule has 7 rings (SSSR count). The molecule has 1 atom stereocenters. The van der Waals surface area contributed by atoms with Crippen molar-refractivity contribution in [3.05, 3.63) is 72.0 Å². The summed E-state index contributed by atoms with van der Waals surface area (Å²) in [6.45, 7) is 7.38. The summed E-state index contributed by atoms with van der Waals surface area (Å²) in [5.41, 5.74) is 1.19. The minimum atomic E-state index is -0.482. The van der Waals surface area contributed by atoms with Crippen LogP contribution in [0, 0.1) is 17.1 Å². The molecule has 8 nitrogen and oxygen atoms in total. The number of fused-ring (bicyclic) bond motifs is 3. The summed E-state index contributed by atoms with van der Waals surface area (Å²) in [5.74, 6) is -0.172. The molecule has 10 heteroatoms. The summed E-state index contributed by atoms with van der Waals surface area (Å²) < 4.78 is 23.2. The SMILES string of the molecule is C=CC(=O)N1CCN(c2nc(OCC34CCCN3CCC4)nc3c(F)c(-c4cccc5cccc(Cl)c45)ccc23)C[C@@H]1CC#N. The van der Waals surface area contributed by atoms with E-state index in [1.54, 1.807) is 11.0 Å². The van der Waals surface area contributed by atoms with Gasteiger partial charge in [0.1, 0.15) is 17.9 Å². The van der Waals surface area contributed by atoms with Crippen LogP contribution in [0.4, 0.5) is 10.2 Å². The Hall–Kier alpha value is -4.26. The normalized spacial score (nSPS) is 19.5. The smallest absolute Gasteiger partial charge is 0.319 e. The number of nitriles is 1. The molecule has 3 aromatic carbocycles. The molecular formula is C35H34ClFN6O2. The van der Waals surface area contributed by atoms with Crippen molar-refractivity contribution in [1.29, 1.82) is 5.26 Å². The first-order valence-electron chi connectivity index (χ1n) is 15.5. The van der Waals surface area contributed by atoms with Crippen LogP contribution in [-0.4, -0.2) is 76.6 Å². The number of benzene rings is 3. The molecule has 0 radical (unpaired) electrons. The number of halogens is 2. The van der Waals surface area contributed by atoms with Crippen LogP contribution >= 0.6 is 11.6 Å². The number of piperazine rings is 1. The van der Waals surface area contributed by atoms with Gasteiger partial charge >= 0.3 is 6.01 Å². The molecule has 0 spiro atoms. The molecule has 4 aromatic rings. The van der Waals surface area contributed by atoms with E-state index >= 15 is 4.39 Å². The van der Waals surface area contributed by atoms with Crippen molar-refractivity contribution >= 4 is 45.0 Å². The molecule has 230 valence electrons. The summed E-state index contributed by atoms with van der Waals surface area (Å²) >= 11 is 6.63. The van der Waals surface area contributed by atoms with Gasteiger partial charge < -0.3 is 14.5 Å². The van der Waals surface area contributed by atoms with Crippen LogP contribution < -0.4 is 9.64 Å². The number of anilines is 1. The Balaban J connectivity index is 1.33. The molecule has 45 heavy (non-hydrogen) atoms. The third-order valence-corrected chi connectivity index (χ3v) is 10.1. The van der Waals surface area contributed by atoms with Crippen molar-refractivity contribution in [3.63, 3.8) is 0 Å². The first-order chi connectivity index (χ1) is 21.9. The van der Waals surface area contributed by atoms with Gasteiger partial charge in [0.15, 0.2) is 5.82 Å². The first kappa shape index (κ1) is 29.5. The lowest BCUT2D eigenvalue weighted by molar-refractivity contribution is -0.128. The molecule has 3 aliphatic heterocycles. The summed E-state index contributed by atoms with van der Waals surface area (Å²) in [4.78, 5) is 28.3. The fraction of sp³-hybridized carbons (Fsp3) is 0.371. The summed E-state index contributed by atoms with van der Waals surface area (Å²) in [5, 5.41) is 12.3. The van der Waals surface area contributed by atoms with Crippen LogP contribution in [0.5, 0.6) is 6.01 Å². The minimum Gasteiger partial charge on any atom is -0.461 e. The average molecular weight is 625 g/mol. The highest BCUT2D eigenvalue weighted by Gasteiger charge is 2.45. The van der Waals surface area contributed by atoms with E-state index in [1.807, 2.05) is 47.4 Å². The number of ether oxygens (including phenoxy) is 1. The molecular weight excluding hydrogens is 591 g/mol. The fourth-order valence-electron chi connectivity index (χ4n) is 7.55. The van der Waals surface area contributed by atoms with Gasteiger partial charge in [-0.2, -0.15) is 15.2 Å². The zero-order valence-corrected chi connectivity index (χ0v) is 25.8. The van der Waals surface area contributed by atoms with Crippen LogP contribution in [0.3, 0.4) is 0 Å². The monoisotopic (exact) mass is 624 g/mol. The van der Waals surface area contributed by atoms with Crippen LogP contribution in [0.15, 0.2) is 61.2 Å². The standard InChI is InChI=1S/C35H34ClFN6O2/c1-2-29(44)43-20-19-41(21-24(43)13-16-38)33-27-12-11-26(25-9-3-7-23-8-4-10-28(36)30(23)25)31(37)32(27)39-34(40-33)45-22-35-14-5-17-42(35)18-6-15-35/h2-4,7-12,24H,1,5-6,13-15,17-22H2/t24-/m0/s1. The van der Waals surface area contributed by atoms with E-state index in [9.17, 15) is 10.1 Å². The van der Waals surface area contributed by atoms with Crippen molar-refractivity contribution in [1.82, 2.24) is 19.8 Å². The van der Waals surface area contributed by atoms with E-state index in [0.717, 1.165) is 49.5 Å². The van der Waals surface area contributed by atoms with Crippen LogP contribution in [0.25, 0.3) is 32.8 Å². The number of hydrogen-bond donors (Lipinski definition) is 0. The highest BCUT2D eigenvalue weighted by atomic mass is 35.5. The Bertz CT molecular complexity index is 1840. The predicted molar refractivity (Wildman–Crippen MR) is 174 cm³/mol. The number of carbonyl (C=O) groups excluding carboxylic acids is 1. The van der Waals surface area contributed by atoms with Crippen molar-refractivity contribution in [2.45, 2.75) is 43.7 Å². The fourth-order valence-corrected chi connectivity index (χ4v) is 7.84. The second-order valence-electron chi connectivity index (χ2n) is 12.2. The number of rotatable bonds is 7. The number of hydrogen-bond acceptors (Lipinski definition) is 7. The molecule has 3 fully saturated rings. The predicted octanol–water partition coefficient (Wildman–Crippen LogP) is 6.37. The van der Waals surface area contributed by atoms with E-state index in [1.165, 1.54) is 6.08 Å². The van der Waals surface area contributed by atoms with Crippen LogP contribution in [0.1, 0.15) is 32.1 Å². The number of nitrogens with zero attached hydrogens (tertiary/aromatic N) is 6. The third-order valence-electron chi connectivity index (χ3n) is 9.76. The summed E-state index contributed by atoms with van der Waals surface area (Å²) in [6, 6.07) is 16.9. The van der Waals surface area contributed by atoms with Crippen LogP contribution in [0.2, 0.25) is 5.02 Å². The Kier molecular flexibility index (Phi) is 7.80. The van der Waals surface area contributed by atoms with Crippen molar-refractivity contribution in [2.75, 3.05) is 44.2 Å². The maximum Gasteiger partial charge on any atom is 0.319 e. The molecule has 4 heterocycles. The van der Waals surface area contributed by atoms with Gasteiger partial charge in [0.05, 0.1) is 24.1 Å². The molecule has 0 N–H and O–H groups in total. The second-order valence-corrected chi connectivity index (χ2v) is 12.6. The van der Waals surface area contributed by atoms with E-state index in [2.05, 4.69) is 22.5 Å². The lowest BCUT2D eigenvalue weighted by atomic mass is 9.95. The largest absolute Gasteiger partial charge is 0.461 e. The van der Waals surface area contributed by atoms with Gasteiger partial charge in [-0.25, -0.2) is 4.39 Å². The molecule has 0 unspecified atom stereocenters. The van der Waals surface area contributed by atoms with E-state index in [4.69, 9.17) is 21.3 Å². The Morgan fingerprint density at radius 1 is 1.09 bits per heavy atom. The molecule has 0 bridgehead atoms. The highest BCUT2D eigenvalue weighted by molar-refractivity contribution is 6.36. The molecule has 3 aliphatic rings. The minimum absolute atomic E-state index is 0.0346. The zero-order chi connectivity index (χ0) is 31.1. The quantitative estimate of drug-likeness (QED) is 0.221. The number of aromatic nitrogens is 2. The van der Waals surface area contributed by atoms with Gasteiger partial charge in [0.25, 0.3) is 0 Å². The highest BCUT2D eigenvalue weighted by Crippen LogP contribution is 2.41. The van der Waals surface area contributed by atoms with Gasteiger partial charge in [0, 0.05) is 41.0 Å². The second kappa shape index (κ2) is 11.9. The Labute approximate surface area is 266 Å². The Morgan fingerprint density at radius 3 is 2.62 bits per heavy atom. The molecule has 0 aliphatic carbocycles. The topological polar surface area (TPSA) is 85.6 Å². The maximum atomic E-state index is 16.8. The van der Waals surface area contributed by atoms with E-state index in [0.29, 0.717) is 53.6 Å². The van der Waals surface area contributed by atoms with E-state index < -0.39 is 5.82 Å². The molecule has 1 aromatic heterocycles. The Morgan fingerprint density at radius 2 is 1.87 bits per heavy atom. The lowest BCUT2D eigenvalue weighted by Gasteiger charge is -2.41. The van der Waals surface area contributed by atoms with Crippen LogP contribution in [-0.2, 0) is 4.79 Å². The van der Waals surface area contributed by atoms with Gasteiger partial charge in [-0.1, -0.05) is 54.6 Å². The van der Waals surface area contributed by atoms with Gasteiger partial charge in [-0.05, 0) is 67.9 Å². The van der Waals surface area contributed by atoms with E-state index in [-0.39, 0.29) is 35.4 Å². The molecule has 3 saturated heterocycles. The first-order valence-corrected chi connectivity index (χ1v) is 15.9. The zero-order valence-electron chi connectivity index (χ0n) is 25.0. The lowest BCUT2D eigenvalue weighted by Crippen LogP contribution is -2.55. The number of carbonyl (C=O) groups is 1. The third kappa shape index (κ3) is 5.16. The summed E-state index contributed by atoms with van der Waals surface area (Å²) in [6.07, 6.45) is 5.81. The van der Waals surface area contributed by atoms with Crippen molar-refractivity contribution < 1.29 is 13.9 Å². The maximum absolute atomic E-state index is 16.8. The van der Waals surface area contributed by atoms with Crippen molar-refractivity contribution in [3.8, 4) is 23.2 Å². The molecule has 0 saturated carbocycles. The molecule has 1 amide bonds. The average Bonchev–Trinajstić information content (AvgIpc) is 3.64. The van der Waals surface area contributed by atoms with Gasteiger partial charge in [-0.3, -0.25) is 9.69 Å². The number of amides is 1. The van der Waals surface area contributed by atoms with Gasteiger partial charge in [0.2, 0.25) is 5.91 Å².